The summed E-state index contributed by atoms with van der Waals surface area (Å²) in [6.45, 7) is 0. The molecule has 0 unspecified atom stereocenters. The molecular weight excluding hydrogens is 191 g/mol. The van der Waals surface area contributed by atoms with Crippen LogP contribution >= 0.6 is 0 Å². The maximum atomic E-state index is 13.5. The number of nitrogens with one attached hydrogen (secondary N) is 1. The fourth-order valence-corrected chi connectivity index (χ4v) is 1.40. The molecule has 0 spiro atoms. The molecule has 15 heavy (non-hydrogen) atoms. The molecule has 0 saturated carbocycles. The second kappa shape index (κ2) is 4.09. The lowest BCUT2D eigenvalue weighted by Gasteiger charge is -2.04. The van der Waals surface area contributed by atoms with Gasteiger partial charge in [0.25, 0.3) is 0 Å². The number of nitrogens with zero attached hydrogens (tertiary/aromatic N) is 1. The number of hydrogen-bond acceptors (Lipinski definition) is 2. The van der Waals surface area contributed by atoms with E-state index in [1.807, 2.05) is 19.2 Å². The maximum absolute atomic E-state index is 13.5. The van der Waals surface area contributed by atoms with Crippen LogP contribution in [0, 0.1) is 5.82 Å². The van der Waals surface area contributed by atoms with Crippen molar-refractivity contribution in [3.05, 3.63) is 48.4 Å². The van der Waals surface area contributed by atoms with Gasteiger partial charge in [-0.3, -0.25) is 4.98 Å². The summed E-state index contributed by atoms with van der Waals surface area (Å²) in [5, 5.41) is 2.99. The lowest BCUT2D eigenvalue weighted by molar-refractivity contribution is 0.631. The predicted molar refractivity (Wildman–Crippen MR) is 59.2 cm³/mol. The molecule has 0 bridgehead atoms. The van der Waals surface area contributed by atoms with Crippen molar-refractivity contribution in [3.8, 4) is 11.3 Å². The summed E-state index contributed by atoms with van der Waals surface area (Å²) < 4.78 is 13.5. The van der Waals surface area contributed by atoms with Crippen molar-refractivity contribution in [1.82, 2.24) is 4.98 Å². The molecule has 0 saturated heterocycles. The molecule has 1 aromatic carbocycles. The van der Waals surface area contributed by atoms with Gasteiger partial charge < -0.3 is 5.32 Å². The van der Waals surface area contributed by atoms with Crippen LogP contribution in [0.1, 0.15) is 0 Å². The smallest absolute Gasteiger partial charge is 0.132 e. The minimum Gasteiger partial charge on any atom is -0.388 e. The van der Waals surface area contributed by atoms with Gasteiger partial charge in [0.15, 0.2) is 0 Å². The highest BCUT2D eigenvalue weighted by Gasteiger charge is 2.04. The summed E-state index contributed by atoms with van der Waals surface area (Å²) >= 11 is 0. The van der Waals surface area contributed by atoms with Crippen LogP contribution in [0.25, 0.3) is 11.3 Å². The summed E-state index contributed by atoms with van der Waals surface area (Å²) in [4.78, 5) is 4.14. The molecule has 0 aliphatic rings. The molecule has 1 heterocycles. The molecule has 0 fully saturated rings. The van der Waals surface area contributed by atoms with Crippen LogP contribution in [-0.2, 0) is 0 Å². The summed E-state index contributed by atoms with van der Waals surface area (Å²) in [5.74, 6) is -0.252. The van der Waals surface area contributed by atoms with Crippen LogP contribution in [0.3, 0.4) is 0 Å². The minimum absolute atomic E-state index is 0.252. The molecule has 1 N–H and O–H groups in total. The lowest BCUT2D eigenvalue weighted by atomic mass is 10.1. The van der Waals surface area contributed by atoms with Crippen LogP contribution in [0.15, 0.2) is 42.6 Å². The number of hydrogen-bond donors (Lipinski definition) is 1. The van der Waals surface area contributed by atoms with Gasteiger partial charge in [-0.15, -0.1) is 0 Å². The Kier molecular flexibility index (Phi) is 2.63. The molecule has 0 amide bonds. The number of anilines is 1. The van der Waals surface area contributed by atoms with E-state index in [0.29, 0.717) is 11.3 Å². The van der Waals surface area contributed by atoms with E-state index in [1.54, 1.807) is 24.4 Å². The highest BCUT2D eigenvalue weighted by atomic mass is 19.1. The Morgan fingerprint density at radius 3 is 2.73 bits per heavy atom. The maximum Gasteiger partial charge on any atom is 0.132 e. The van der Waals surface area contributed by atoms with Crippen molar-refractivity contribution >= 4 is 5.69 Å². The van der Waals surface area contributed by atoms with Crippen molar-refractivity contribution in [2.45, 2.75) is 0 Å². The number of aromatic nitrogens is 1. The van der Waals surface area contributed by atoms with Crippen molar-refractivity contribution in [3.63, 3.8) is 0 Å². The molecule has 2 aromatic rings. The van der Waals surface area contributed by atoms with E-state index in [-0.39, 0.29) is 5.82 Å². The Morgan fingerprint density at radius 1 is 1.20 bits per heavy atom. The van der Waals surface area contributed by atoms with Crippen LogP contribution < -0.4 is 5.32 Å². The number of rotatable bonds is 2. The van der Waals surface area contributed by atoms with Crippen LogP contribution in [0.5, 0.6) is 0 Å². The molecule has 76 valence electrons. The first-order valence-electron chi connectivity index (χ1n) is 4.70. The summed E-state index contributed by atoms with van der Waals surface area (Å²) in [6, 6.07) is 10.3. The van der Waals surface area contributed by atoms with Crippen LogP contribution in [0.2, 0.25) is 0 Å². The normalized spacial score (nSPS) is 10.0. The van der Waals surface area contributed by atoms with Gasteiger partial charge >= 0.3 is 0 Å². The average molecular weight is 202 g/mol. The predicted octanol–water partition coefficient (Wildman–Crippen LogP) is 2.93. The third-order valence-corrected chi connectivity index (χ3v) is 2.20. The number of halogens is 1. The molecule has 0 aliphatic heterocycles. The number of pyridine rings is 1. The van der Waals surface area contributed by atoms with E-state index in [4.69, 9.17) is 0 Å². The topological polar surface area (TPSA) is 24.9 Å². The molecule has 0 aliphatic carbocycles. The van der Waals surface area contributed by atoms with Gasteiger partial charge in [0.1, 0.15) is 5.82 Å². The van der Waals surface area contributed by atoms with E-state index in [9.17, 15) is 4.39 Å². The monoisotopic (exact) mass is 202 g/mol. The Morgan fingerprint density at radius 2 is 2.00 bits per heavy atom. The molecule has 3 heteroatoms. The van der Waals surface area contributed by atoms with Crippen molar-refractivity contribution in [1.29, 1.82) is 0 Å². The zero-order valence-electron chi connectivity index (χ0n) is 8.37. The fourth-order valence-electron chi connectivity index (χ4n) is 1.40. The van der Waals surface area contributed by atoms with Crippen LogP contribution in [0.4, 0.5) is 10.1 Å². The van der Waals surface area contributed by atoms with Gasteiger partial charge in [-0.1, -0.05) is 12.1 Å². The molecular formula is C12H11FN2. The van der Waals surface area contributed by atoms with E-state index in [2.05, 4.69) is 10.3 Å². The molecule has 1 aromatic heterocycles. The SMILES string of the molecule is CNc1ccnc(-c2ccccc2F)c1. The van der Waals surface area contributed by atoms with E-state index in [1.165, 1.54) is 6.07 Å². The van der Waals surface area contributed by atoms with E-state index in [0.717, 1.165) is 5.69 Å². The standard InChI is InChI=1S/C12H11FN2/c1-14-9-6-7-15-12(8-9)10-4-2-3-5-11(10)13/h2-8H,1H3,(H,14,15). The zero-order chi connectivity index (χ0) is 10.7. The molecule has 2 nitrogen and oxygen atoms in total. The Bertz CT molecular complexity index is 469. The third-order valence-electron chi connectivity index (χ3n) is 2.20. The summed E-state index contributed by atoms with van der Waals surface area (Å²) in [7, 11) is 1.82. The fraction of sp³-hybridized carbons (Fsp3) is 0.0833. The lowest BCUT2D eigenvalue weighted by Crippen LogP contribution is -1.91. The van der Waals surface area contributed by atoms with Crippen molar-refractivity contribution in [2.75, 3.05) is 12.4 Å². The second-order valence-electron chi connectivity index (χ2n) is 3.16. The quantitative estimate of drug-likeness (QED) is 0.809. The summed E-state index contributed by atoms with van der Waals surface area (Å²) in [6.07, 6.45) is 1.66. The molecule has 0 atom stereocenters. The van der Waals surface area contributed by atoms with Gasteiger partial charge in [0.05, 0.1) is 5.69 Å². The zero-order valence-corrected chi connectivity index (χ0v) is 8.37. The van der Waals surface area contributed by atoms with Crippen molar-refractivity contribution < 1.29 is 4.39 Å². The average Bonchev–Trinajstić information content (AvgIpc) is 2.30. The molecule has 2 rings (SSSR count). The summed E-state index contributed by atoms with van der Waals surface area (Å²) in [5.41, 5.74) is 2.08. The largest absolute Gasteiger partial charge is 0.388 e. The van der Waals surface area contributed by atoms with Crippen LogP contribution in [-0.4, -0.2) is 12.0 Å². The Hall–Kier alpha value is -1.90. The third kappa shape index (κ3) is 1.96. The molecule has 0 radical (unpaired) electrons. The minimum atomic E-state index is -0.252. The van der Waals surface area contributed by atoms with Gasteiger partial charge in [-0.05, 0) is 24.3 Å². The first-order chi connectivity index (χ1) is 7.31. The highest BCUT2D eigenvalue weighted by molar-refractivity contribution is 5.64. The van der Waals surface area contributed by atoms with Gasteiger partial charge in [0.2, 0.25) is 0 Å². The Labute approximate surface area is 87.8 Å². The van der Waals surface area contributed by atoms with Gasteiger partial charge in [-0.2, -0.15) is 0 Å². The first kappa shape index (κ1) is 9.65. The number of benzene rings is 1. The van der Waals surface area contributed by atoms with Gasteiger partial charge in [0, 0.05) is 24.5 Å². The van der Waals surface area contributed by atoms with E-state index < -0.39 is 0 Å². The van der Waals surface area contributed by atoms with E-state index >= 15 is 0 Å². The first-order valence-corrected chi connectivity index (χ1v) is 4.70. The Balaban J connectivity index is 2.49. The van der Waals surface area contributed by atoms with Crippen molar-refractivity contribution in [2.24, 2.45) is 0 Å². The highest BCUT2D eigenvalue weighted by Crippen LogP contribution is 2.22. The second-order valence-corrected chi connectivity index (χ2v) is 3.16. The van der Waals surface area contributed by atoms with Gasteiger partial charge in [-0.25, -0.2) is 4.39 Å².